The first kappa shape index (κ1) is 14.7. The Labute approximate surface area is 118 Å². The van der Waals surface area contributed by atoms with Crippen molar-refractivity contribution in [1.82, 2.24) is 4.90 Å². The van der Waals surface area contributed by atoms with Crippen LogP contribution in [0.1, 0.15) is 77.6 Å². The second kappa shape index (κ2) is 7.16. The van der Waals surface area contributed by atoms with E-state index in [0.29, 0.717) is 0 Å². The van der Waals surface area contributed by atoms with E-state index in [9.17, 15) is 0 Å². The van der Waals surface area contributed by atoms with Crippen molar-refractivity contribution in [3.63, 3.8) is 0 Å². The molecule has 0 saturated heterocycles. The van der Waals surface area contributed by atoms with Crippen LogP contribution in [0.25, 0.3) is 0 Å². The number of nitrogens with two attached hydrogens (primary N) is 1. The minimum Gasteiger partial charge on any atom is -0.370 e. The molecule has 0 aromatic heterocycles. The lowest BCUT2D eigenvalue weighted by Crippen LogP contribution is -2.51. The molecule has 1 aliphatic carbocycles. The van der Waals surface area contributed by atoms with Crippen molar-refractivity contribution < 1.29 is 0 Å². The van der Waals surface area contributed by atoms with E-state index >= 15 is 0 Å². The predicted molar refractivity (Wildman–Crippen MR) is 82.4 cm³/mol. The fraction of sp³-hybridized carbons (Fsp3) is 0.938. The van der Waals surface area contributed by atoms with Gasteiger partial charge in [-0.3, -0.25) is 4.99 Å². The highest BCUT2D eigenvalue weighted by Crippen LogP contribution is 2.33. The van der Waals surface area contributed by atoms with Crippen LogP contribution in [0.3, 0.4) is 0 Å². The standard InChI is InChI=1S/C16H31N3/c1-2-19-15(17)18-14-16(19)12-10-8-6-4-3-5-7-9-11-13-16/h2-14H2,1H3,(H2,17,18). The third-order valence-electron chi connectivity index (χ3n) is 4.98. The maximum absolute atomic E-state index is 6.09. The lowest BCUT2D eigenvalue weighted by Gasteiger charge is -2.39. The highest BCUT2D eigenvalue weighted by molar-refractivity contribution is 5.81. The van der Waals surface area contributed by atoms with E-state index < -0.39 is 0 Å². The Kier molecular flexibility index (Phi) is 5.53. The SMILES string of the molecule is CCN1C(N)=NCC12CCCCCCCCCCC2. The van der Waals surface area contributed by atoms with Gasteiger partial charge >= 0.3 is 0 Å². The zero-order valence-corrected chi connectivity index (χ0v) is 12.7. The van der Waals surface area contributed by atoms with Crippen molar-refractivity contribution in [3.05, 3.63) is 0 Å². The van der Waals surface area contributed by atoms with Gasteiger partial charge in [0.05, 0.1) is 12.1 Å². The molecule has 0 bridgehead atoms. The molecule has 1 saturated carbocycles. The molecule has 1 fully saturated rings. The quantitative estimate of drug-likeness (QED) is 0.786. The highest BCUT2D eigenvalue weighted by atomic mass is 15.3. The predicted octanol–water partition coefficient (Wildman–Crippen LogP) is 3.68. The maximum Gasteiger partial charge on any atom is 0.191 e. The van der Waals surface area contributed by atoms with Gasteiger partial charge in [0.1, 0.15) is 0 Å². The molecular formula is C16H31N3. The number of nitrogens with zero attached hydrogens (tertiary/aromatic N) is 2. The molecule has 0 radical (unpaired) electrons. The van der Waals surface area contributed by atoms with E-state index in [0.717, 1.165) is 19.0 Å². The van der Waals surface area contributed by atoms with Gasteiger partial charge in [0.2, 0.25) is 0 Å². The molecule has 2 aliphatic rings. The third-order valence-corrected chi connectivity index (χ3v) is 4.98. The summed E-state index contributed by atoms with van der Waals surface area (Å²) in [5.74, 6) is 0.787. The van der Waals surface area contributed by atoms with Crippen LogP contribution in [0, 0.1) is 0 Å². The third kappa shape index (κ3) is 3.64. The molecule has 0 atom stereocenters. The summed E-state index contributed by atoms with van der Waals surface area (Å²) in [6.45, 7) is 4.16. The fourth-order valence-electron chi connectivity index (χ4n) is 3.84. The van der Waals surface area contributed by atoms with Gasteiger partial charge in [-0.05, 0) is 19.8 Å². The Balaban J connectivity index is 1.98. The van der Waals surface area contributed by atoms with Gasteiger partial charge in [-0.1, -0.05) is 57.8 Å². The monoisotopic (exact) mass is 265 g/mol. The van der Waals surface area contributed by atoms with E-state index in [1.54, 1.807) is 0 Å². The molecule has 3 nitrogen and oxygen atoms in total. The van der Waals surface area contributed by atoms with Crippen molar-refractivity contribution in [2.75, 3.05) is 13.1 Å². The summed E-state index contributed by atoms with van der Waals surface area (Å²) in [6.07, 6.45) is 15.2. The summed E-state index contributed by atoms with van der Waals surface area (Å²) in [6, 6.07) is 0. The van der Waals surface area contributed by atoms with Crippen molar-refractivity contribution in [3.8, 4) is 0 Å². The second-order valence-corrected chi connectivity index (χ2v) is 6.33. The van der Waals surface area contributed by atoms with E-state index in [4.69, 9.17) is 5.73 Å². The molecule has 0 amide bonds. The normalized spacial score (nSPS) is 25.7. The van der Waals surface area contributed by atoms with Crippen molar-refractivity contribution in [2.24, 2.45) is 10.7 Å². The van der Waals surface area contributed by atoms with E-state index in [1.807, 2.05) is 0 Å². The maximum atomic E-state index is 6.09. The van der Waals surface area contributed by atoms with Gasteiger partial charge in [-0.2, -0.15) is 0 Å². The van der Waals surface area contributed by atoms with Crippen molar-refractivity contribution >= 4 is 5.96 Å². The van der Waals surface area contributed by atoms with Crippen LogP contribution in [0.2, 0.25) is 0 Å². The Hall–Kier alpha value is -0.730. The van der Waals surface area contributed by atoms with Crippen LogP contribution in [0.15, 0.2) is 4.99 Å². The number of likely N-dealkylation sites (N-methyl/N-ethyl adjacent to an activating group) is 1. The molecule has 0 aromatic rings. The van der Waals surface area contributed by atoms with Gasteiger partial charge in [-0.25, -0.2) is 0 Å². The highest BCUT2D eigenvalue weighted by Gasteiger charge is 2.40. The van der Waals surface area contributed by atoms with Crippen molar-refractivity contribution in [1.29, 1.82) is 0 Å². The average Bonchev–Trinajstić information content (AvgIpc) is 2.71. The molecule has 19 heavy (non-hydrogen) atoms. The zero-order valence-electron chi connectivity index (χ0n) is 12.7. The first-order valence-electron chi connectivity index (χ1n) is 8.36. The number of hydrogen-bond donors (Lipinski definition) is 1. The summed E-state index contributed by atoms with van der Waals surface area (Å²) < 4.78 is 0. The number of rotatable bonds is 1. The Morgan fingerprint density at radius 2 is 1.42 bits per heavy atom. The van der Waals surface area contributed by atoms with Crippen LogP contribution >= 0.6 is 0 Å². The lowest BCUT2D eigenvalue weighted by atomic mass is 9.84. The lowest BCUT2D eigenvalue weighted by molar-refractivity contribution is 0.167. The Bertz CT molecular complexity index is 286. The molecule has 1 spiro atoms. The number of hydrogen-bond acceptors (Lipinski definition) is 3. The molecule has 1 heterocycles. The molecule has 2 rings (SSSR count). The van der Waals surface area contributed by atoms with Crippen molar-refractivity contribution in [2.45, 2.75) is 83.1 Å². The van der Waals surface area contributed by atoms with Crippen LogP contribution in [0.5, 0.6) is 0 Å². The summed E-state index contributed by atoms with van der Waals surface area (Å²) in [4.78, 5) is 6.94. The molecule has 110 valence electrons. The van der Waals surface area contributed by atoms with Gasteiger partial charge in [0, 0.05) is 6.54 Å². The Morgan fingerprint density at radius 3 is 1.89 bits per heavy atom. The molecule has 2 N–H and O–H groups in total. The largest absolute Gasteiger partial charge is 0.370 e. The summed E-state index contributed by atoms with van der Waals surface area (Å²) in [7, 11) is 0. The number of guanidine groups is 1. The van der Waals surface area contributed by atoms with Crippen LogP contribution in [-0.2, 0) is 0 Å². The first-order chi connectivity index (χ1) is 9.28. The van der Waals surface area contributed by atoms with Crippen LogP contribution in [-0.4, -0.2) is 29.5 Å². The van der Waals surface area contributed by atoms with Gasteiger partial charge < -0.3 is 10.6 Å². The number of aliphatic imine (C=N–C) groups is 1. The summed E-state index contributed by atoms with van der Waals surface area (Å²) >= 11 is 0. The van der Waals surface area contributed by atoms with Gasteiger partial charge in [0.15, 0.2) is 5.96 Å². The molecule has 3 heteroatoms. The molecule has 0 unspecified atom stereocenters. The van der Waals surface area contributed by atoms with E-state index in [-0.39, 0.29) is 5.54 Å². The minimum absolute atomic E-state index is 0.262. The average molecular weight is 265 g/mol. The van der Waals surface area contributed by atoms with Gasteiger partial charge in [-0.15, -0.1) is 0 Å². The summed E-state index contributed by atoms with van der Waals surface area (Å²) in [5.41, 5.74) is 6.35. The molecular weight excluding hydrogens is 234 g/mol. The zero-order chi connectivity index (χ0) is 13.6. The van der Waals surface area contributed by atoms with Gasteiger partial charge in [0.25, 0.3) is 0 Å². The van der Waals surface area contributed by atoms with E-state index in [2.05, 4.69) is 16.8 Å². The fourth-order valence-corrected chi connectivity index (χ4v) is 3.84. The van der Waals surface area contributed by atoms with Crippen LogP contribution in [0.4, 0.5) is 0 Å². The minimum atomic E-state index is 0.262. The van der Waals surface area contributed by atoms with Crippen LogP contribution < -0.4 is 5.73 Å². The topological polar surface area (TPSA) is 41.6 Å². The Morgan fingerprint density at radius 1 is 0.947 bits per heavy atom. The second-order valence-electron chi connectivity index (χ2n) is 6.33. The smallest absolute Gasteiger partial charge is 0.191 e. The first-order valence-corrected chi connectivity index (χ1v) is 8.36. The molecule has 1 aliphatic heterocycles. The molecule has 0 aromatic carbocycles. The van der Waals surface area contributed by atoms with E-state index in [1.165, 1.54) is 70.6 Å². The summed E-state index contributed by atoms with van der Waals surface area (Å²) in [5, 5.41) is 0.